The van der Waals surface area contributed by atoms with E-state index >= 15 is 0 Å². The highest BCUT2D eigenvalue weighted by atomic mass is 79.9. The summed E-state index contributed by atoms with van der Waals surface area (Å²) in [5.74, 6) is 0.917. The number of ether oxygens (including phenoxy) is 1. The standard InChI is InChI=1S/C13H19BrN2O2/c1-16(13(17)3-2-8-15)9-10-18-12-6-4-11(14)5-7-12/h4-7H,2-3,8-10,15H2,1H3. The number of hydrogen-bond acceptors (Lipinski definition) is 3. The first-order chi connectivity index (χ1) is 8.63. The molecule has 0 aromatic heterocycles. The summed E-state index contributed by atoms with van der Waals surface area (Å²) in [6.07, 6.45) is 1.24. The van der Waals surface area contributed by atoms with Gasteiger partial charge in [-0.1, -0.05) is 15.9 Å². The van der Waals surface area contributed by atoms with Crippen LogP contribution in [-0.2, 0) is 4.79 Å². The first-order valence-corrected chi connectivity index (χ1v) is 6.75. The first kappa shape index (κ1) is 15.0. The molecule has 1 amide bonds. The number of halogens is 1. The van der Waals surface area contributed by atoms with E-state index in [0.29, 0.717) is 26.1 Å². The van der Waals surface area contributed by atoms with Crippen molar-refractivity contribution in [3.63, 3.8) is 0 Å². The Morgan fingerprint density at radius 2 is 2.06 bits per heavy atom. The molecule has 5 heteroatoms. The van der Waals surface area contributed by atoms with Crippen molar-refractivity contribution in [3.05, 3.63) is 28.7 Å². The summed E-state index contributed by atoms with van der Waals surface area (Å²) in [5, 5.41) is 0. The number of nitrogens with two attached hydrogens (primary N) is 1. The van der Waals surface area contributed by atoms with E-state index in [1.54, 1.807) is 11.9 Å². The second-order valence-corrected chi connectivity index (χ2v) is 4.93. The molecular formula is C13H19BrN2O2. The predicted molar refractivity (Wildman–Crippen MR) is 75.6 cm³/mol. The molecule has 0 aliphatic heterocycles. The van der Waals surface area contributed by atoms with E-state index in [9.17, 15) is 4.79 Å². The van der Waals surface area contributed by atoms with Crippen LogP contribution in [0.2, 0.25) is 0 Å². The molecule has 0 saturated carbocycles. The Morgan fingerprint density at radius 1 is 1.39 bits per heavy atom. The molecule has 100 valence electrons. The molecule has 1 aromatic rings. The van der Waals surface area contributed by atoms with Crippen molar-refractivity contribution in [2.45, 2.75) is 12.8 Å². The Bertz CT molecular complexity index is 368. The zero-order valence-electron chi connectivity index (χ0n) is 10.6. The van der Waals surface area contributed by atoms with Gasteiger partial charge in [0.05, 0.1) is 6.54 Å². The van der Waals surface area contributed by atoms with Crippen LogP contribution in [0.5, 0.6) is 5.75 Å². The maximum atomic E-state index is 11.6. The zero-order chi connectivity index (χ0) is 13.4. The summed E-state index contributed by atoms with van der Waals surface area (Å²) >= 11 is 3.36. The third-order valence-electron chi connectivity index (χ3n) is 2.53. The maximum Gasteiger partial charge on any atom is 0.222 e. The van der Waals surface area contributed by atoms with E-state index in [-0.39, 0.29) is 5.91 Å². The fourth-order valence-electron chi connectivity index (χ4n) is 1.40. The van der Waals surface area contributed by atoms with Crippen LogP contribution in [0.3, 0.4) is 0 Å². The highest BCUT2D eigenvalue weighted by molar-refractivity contribution is 9.10. The fraction of sp³-hybridized carbons (Fsp3) is 0.462. The number of hydrogen-bond donors (Lipinski definition) is 1. The number of rotatable bonds is 7. The lowest BCUT2D eigenvalue weighted by atomic mass is 10.3. The molecule has 0 unspecified atom stereocenters. The molecule has 18 heavy (non-hydrogen) atoms. The third kappa shape index (κ3) is 5.51. The quantitative estimate of drug-likeness (QED) is 0.837. The van der Waals surface area contributed by atoms with Crippen LogP contribution >= 0.6 is 15.9 Å². The van der Waals surface area contributed by atoms with E-state index in [1.165, 1.54) is 0 Å². The van der Waals surface area contributed by atoms with Gasteiger partial charge in [0.2, 0.25) is 5.91 Å². The number of nitrogens with zero attached hydrogens (tertiary/aromatic N) is 1. The van der Waals surface area contributed by atoms with Crippen molar-refractivity contribution in [2.24, 2.45) is 5.73 Å². The largest absolute Gasteiger partial charge is 0.492 e. The summed E-state index contributed by atoms with van der Waals surface area (Å²) in [7, 11) is 1.78. The normalized spacial score (nSPS) is 10.2. The number of likely N-dealkylation sites (N-methyl/N-ethyl adjacent to an activating group) is 1. The van der Waals surface area contributed by atoms with Gasteiger partial charge in [0.1, 0.15) is 12.4 Å². The Balaban J connectivity index is 2.24. The Morgan fingerprint density at radius 3 is 2.67 bits per heavy atom. The van der Waals surface area contributed by atoms with Crippen LogP contribution in [0.4, 0.5) is 0 Å². The lowest BCUT2D eigenvalue weighted by molar-refractivity contribution is -0.130. The lowest BCUT2D eigenvalue weighted by Gasteiger charge is -2.17. The monoisotopic (exact) mass is 314 g/mol. The minimum Gasteiger partial charge on any atom is -0.492 e. The van der Waals surface area contributed by atoms with Gasteiger partial charge >= 0.3 is 0 Å². The second kappa shape index (κ2) is 8.11. The smallest absolute Gasteiger partial charge is 0.222 e. The van der Waals surface area contributed by atoms with E-state index < -0.39 is 0 Å². The Kier molecular flexibility index (Phi) is 6.75. The van der Waals surface area contributed by atoms with Crippen molar-refractivity contribution in [1.29, 1.82) is 0 Å². The minimum absolute atomic E-state index is 0.111. The van der Waals surface area contributed by atoms with E-state index in [1.807, 2.05) is 24.3 Å². The van der Waals surface area contributed by atoms with Crippen LogP contribution in [-0.4, -0.2) is 37.6 Å². The molecule has 0 aliphatic rings. The van der Waals surface area contributed by atoms with Crippen LogP contribution in [0.15, 0.2) is 28.7 Å². The molecule has 0 radical (unpaired) electrons. The van der Waals surface area contributed by atoms with Crippen molar-refractivity contribution < 1.29 is 9.53 Å². The van der Waals surface area contributed by atoms with Gasteiger partial charge < -0.3 is 15.4 Å². The minimum atomic E-state index is 0.111. The number of carbonyl (C=O) groups is 1. The molecule has 0 heterocycles. The van der Waals surface area contributed by atoms with Crippen molar-refractivity contribution in [1.82, 2.24) is 4.90 Å². The molecule has 1 aromatic carbocycles. The number of carbonyl (C=O) groups excluding carboxylic acids is 1. The van der Waals surface area contributed by atoms with Crippen LogP contribution in [0, 0.1) is 0 Å². The molecule has 0 bridgehead atoms. The van der Waals surface area contributed by atoms with Gasteiger partial charge in [-0.3, -0.25) is 4.79 Å². The summed E-state index contributed by atoms with van der Waals surface area (Å²) in [4.78, 5) is 13.3. The SMILES string of the molecule is CN(CCOc1ccc(Br)cc1)C(=O)CCCN. The third-order valence-corrected chi connectivity index (χ3v) is 3.06. The van der Waals surface area contributed by atoms with E-state index in [0.717, 1.165) is 16.6 Å². The lowest BCUT2D eigenvalue weighted by Crippen LogP contribution is -2.31. The average molecular weight is 315 g/mol. The molecule has 0 saturated heterocycles. The zero-order valence-corrected chi connectivity index (χ0v) is 12.1. The van der Waals surface area contributed by atoms with Gasteiger partial charge in [0.25, 0.3) is 0 Å². The molecule has 0 aliphatic carbocycles. The summed E-state index contributed by atoms with van der Waals surface area (Å²) in [6, 6.07) is 7.62. The Hall–Kier alpha value is -1.07. The summed E-state index contributed by atoms with van der Waals surface area (Å²) in [6.45, 7) is 1.63. The summed E-state index contributed by atoms with van der Waals surface area (Å²) in [5.41, 5.74) is 5.37. The van der Waals surface area contributed by atoms with Crippen LogP contribution in [0.1, 0.15) is 12.8 Å². The number of amides is 1. The molecule has 0 atom stereocenters. The highest BCUT2D eigenvalue weighted by Crippen LogP contribution is 2.15. The van der Waals surface area contributed by atoms with Crippen molar-refractivity contribution >= 4 is 21.8 Å². The predicted octanol–water partition coefficient (Wildman–Crippen LogP) is 2.03. The molecule has 2 N–H and O–H groups in total. The molecule has 1 rings (SSSR count). The van der Waals surface area contributed by atoms with E-state index in [4.69, 9.17) is 10.5 Å². The first-order valence-electron chi connectivity index (χ1n) is 5.96. The average Bonchev–Trinajstić information content (AvgIpc) is 2.38. The van der Waals surface area contributed by atoms with Gasteiger partial charge in [-0.15, -0.1) is 0 Å². The van der Waals surface area contributed by atoms with Crippen molar-refractivity contribution in [3.8, 4) is 5.75 Å². The molecular weight excluding hydrogens is 296 g/mol. The van der Waals surface area contributed by atoms with Crippen LogP contribution < -0.4 is 10.5 Å². The van der Waals surface area contributed by atoms with E-state index in [2.05, 4.69) is 15.9 Å². The molecule has 0 fully saturated rings. The van der Waals surface area contributed by atoms with Gasteiger partial charge in [-0.25, -0.2) is 0 Å². The van der Waals surface area contributed by atoms with Crippen molar-refractivity contribution in [2.75, 3.05) is 26.7 Å². The highest BCUT2D eigenvalue weighted by Gasteiger charge is 2.07. The van der Waals surface area contributed by atoms with Gasteiger partial charge in [0, 0.05) is 17.9 Å². The van der Waals surface area contributed by atoms with Gasteiger partial charge in [-0.2, -0.15) is 0 Å². The number of benzene rings is 1. The van der Waals surface area contributed by atoms with Crippen LogP contribution in [0.25, 0.3) is 0 Å². The van der Waals surface area contributed by atoms with Gasteiger partial charge in [0.15, 0.2) is 0 Å². The summed E-state index contributed by atoms with van der Waals surface area (Å²) < 4.78 is 6.56. The maximum absolute atomic E-state index is 11.6. The molecule has 4 nitrogen and oxygen atoms in total. The van der Waals surface area contributed by atoms with Gasteiger partial charge in [-0.05, 0) is 37.2 Å². The fourth-order valence-corrected chi connectivity index (χ4v) is 1.66. The Labute approximate surface area is 116 Å². The second-order valence-electron chi connectivity index (χ2n) is 4.01. The molecule has 0 spiro atoms. The topological polar surface area (TPSA) is 55.6 Å².